The highest BCUT2D eigenvalue weighted by Crippen LogP contribution is 2.15. The van der Waals surface area contributed by atoms with E-state index in [4.69, 9.17) is 5.73 Å². The summed E-state index contributed by atoms with van der Waals surface area (Å²) in [5.74, 6) is -0.524. The zero-order valence-electron chi connectivity index (χ0n) is 9.98. The number of ether oxygens (including phenoxy) is 1. The highest BCUT2D eigenvalue weighted by molar-refractivity contribution is 5.84. The Morgan fingerprint density at radius 2 is 2.17 bits per heavy atom. The predicted octanol–water partition coefficient (Wildman–Crippen LogP) is 0.613. The molecular weight excluding hydrogens is 232 g/mol. The Labute approximate surface area is 104 Å². The molecule has 0 bridgehead atoms. The highest BCUT2D eigenvalue weighted by atomic mass is 16.5. The van der Waals surface area contributed by atoms with Gasteiger partial charge in [0.05, 0.1) is 13.2 Å². The first-order valence-corrected chi connectivity index (χ1v) is 5.50. The van der Waals surface area contributed by atoms with Crippen LogP contribution in [-0.2, 0) is 4.74 Å². The van der Waals surface area contributed by atoms with E-state index in [0.717, 1.165) is 5.56 Å². The SMILES string of the molecule is COC(=O)c1ncn(C(CN)c2ccccc2)n1. The van der Waals surface area contributed by atoms with E-state index in [1.807, 2.05) is 30.3 Å². The summed E-state index contributed by atoms with van der Waals surface area (Å²) in [6.45, 7) is 0.369. The fraction of sp³-hybridized carbons (Fsp3) is 0.250. The van der Waals surface area contributed by atoms with Crippen molar-refractivity contribution in [3.05, 3.63) is 48.0 Å². The van der Waals surface area contributed by atoms with Crippen LogP contribution in [0.1, 0.15) is 22.2 Å². The lowest BCUT2D eigenvalue weighted by atomic mass is 10.1. The average Bonchev–Trinajstić information content (AvgIpc) is 2.89. The van der Waals surface area contributed by atoms with Crippen LogP contribution >= 0.6 is 0 Å². The third-order valence-electron chi connectivity index (χ3n) is 2.60. The van der Waals surface area contributed by atoms with Crippen molar-refractivity contribution in [1.82, 2.24) is 14.8 Å². The molecule has 0 aliphatic heterocycles. The summed E-state index contributed by atoms with van der Waals surface area (Å²) in [5.41, 5.74) is 6.77. The zero-order valence-corrected chi connectivity index (χ0v) is 9.98. The van der Waals surface area contributed by atoms with Crippen molar-refractivity contribution >= 4 is 5.97 Å². The minimum absolute atomic E-state index is 0.0341. The molecule has 0 radical (unpaired) electrons. The molecule has 0 saturated carbocycles. The Kier molecular flexibility index (Phi) is 3.69. The number of methoxy groups -OCH3 is 1. The smallest absolute Gasteiger partial charge is 0.377 e. The molecule has 1 unspecified atom stereocenters. The van der Waals surface area contributed by atoms with Gasteiger partial charge in [-0.1, -0.05) is 30.3 Å². The molecule has 0 amide bonds. The van der Waals surface area contributed by atoms with Gasteiger partial charge in [-0.2, -0.15) is 0 Å². The van der Waals surface area contributed by atoms with Crippen molar-refractivity contribution in [3.63, 3.8) is 0 Å². The van der Waals surface area contributed by atoms with Crippen LogP contribution in [0.3, 0.4) is 0 Å². The number of hydrogen-bond acceptors (Lipinski definition) is 5. The molecule has 94 valence electrons. The first-order valence-electron chi connectivity index (χ1n) is 5.50. The van der Waals surface area contributed by atoms with Gasteiger partial charge in [-0.25, -0.2) is 14.5 Å². The van der Waals surface area contributed by atoms with Crippen molar-refractivity contribution in [2.75, 3.05) is 13.7 Å². The Morgan fingerprint density at radius 3 is 2.78 bits per heavy atom. The molecule has 0 aliphatic carbocycles. The van der Waals surface area contributed by atoms with E-state index in [-0.39, 0.29) is 11.9 Å². The molecule has 0 aliphatic rings. The zero-order chi connectivity index (χ0) is 13.0. The highest BCUT2D eigenvalue weighted by Gasteiger charge is 2.17. The van der Waals surface area contributed by atoms with Crippen LogP contribution in [0.2, 0.25) is 0 Å². The van der Waals surface area contributed by atoms with Crippen LogP contribution in [-0.4, -0.2) is 34.4 Å². The van der Waals surface area contributed by atoms with E-state index in [1.165, 1.54) is 13.4 Å². The third kappa shape index (κ3) is 2.38. The summed E-state index contributed by atoms with van der Waals surface area (Å²) in [6.07, 6.45) is 1.48. The Balaban J connectivity index is 2.29. The summed E-state index contributed by atoms with van der Waals surface area (Å²) in [6, 6.07) is 9.55. The maximum Gasteiger partial charge on any atom is 0.377 e. The minimum Gasteiger partial charge on any atom is -0.463 e. The maximum absolute atomic E-state index is 11.3. The van der Waals surface area contributed by atoms with Crippen LogP contribution < -0.4 is 5.73 Å². The van der Waals surface area contributed by atoms with Crippen LogP contribution in [0.4, 0.5) is 0 Å². The number of rotatable bonds is 4. The fourth-order valence-corrected chi connectivity index (χ4v) is 1.68. The van der Waals surface area contributed by atoms with E-state index >= 15 is 0 Å². The van der Waals surface area contributed by atoms with Gasteiger partial charge in [0.1, 0.15) is 6.33 Å². The largest absolute Gasteiger partial charge is 0.463 e. The number of nitrogens with zero attached hydrogens (tertiary/aromatic N) is 3. The van der Waals surface area contributed by atoms with Crippen molar-refractivity contribution in [2.45, 2.75) is 6.04 Å². The number of aromatic nitrogens is 3. The molecule has 1 aromatic heterocycles. The summed E-state index contributed by atoms with van der Waals surface area (Å²) in [7, 11) is 1.29. The van der Waals surface area contributed by atoms with E-state index in [2.05, 4.69) is 14.8 Å². The third-order valence-corrected chi connectivity index (χ3v) is 2.60. The standard InChI is InChI=1S/C12H14N4O2/c1-18-12(17)11-14-8-16(15-11)10(7-13)9-5-3-2-4-6-9/h2-6,8,10H,7,13H2,1H3. The molecule has 1 atom stereocenters. The lowest BCUT2D eigenvalue weighted by Crippen LogP contribution is -2.21. The maximum atomic E-state index is 11.3. The summed E-state index contributed by atoms with van der Waals surface area (Å²) >= 11 is 0. The second-order valence-electron chi connectivity index (χ2n) is 3.70. The lowest BCUT2D eigenvalue weighted by molar-refractivity contribution is 0.0586. The second kappa shape index (κ2) is 5.42. The number of carbonyl (C=O) groups excluding carboxylic acids is 1. The van der Waals surface area contributed by atoms with Gasteiger partial charge in [0.25, 0.3) is 5.82 Å². The number of hydrogen-bond donors (Lipinski definition) is 1. The first-order chi connectivity index (χ1) is 8.76. The number of benzene rings is 1. The molecule has 6 heteroatoms. The summed E-state index contributed by atoms with van der Waals surface area (Å²) in [4.78, 5) is 15.2. The molecule has 2 aromatic rings. The van der Waals surface area contributed by atoms with Gasteiger partial charge in [-0.15, -0.1) is 5.10 Å². The Hall–Kier alpha value is -2.21. The molecule has 0 spiro atoms. The monoisotopic (exact) mass is 246 g/mol. The van der Waals surface area contributed by atoms with Crippen LogP contribution in [0, 0.1) is 0 Å². The summed E-state index contributed by atoms with van der Waals surface area (Å²) in [5, 5.41) is 4.08. The van der Waals surface area contributed by atoms with Gasteiger partial charge < -0.3 is 10.5 Å². The van der Waals surface area contributed by atoms with Crippen LogP contribution in [0.5, 0.6) is 0 Å². The fourth-order valence-electron chi connectivity index (χ4n) is 1.68. The van der Waals surface area contributed by atoms with E-state index < -0.39 is 5.97 Å². The van der Waals surface area contributed by atoms with E-state index in [1.54, 1.807) is 4.68 Å². The van der Waals surface area contributed by atoms with Gasteiger partial charge in [0.15, 0.2) is 0 Å². The molecule has 1 aromatic carbocycles. The molecular formula is C12H14N4O2. The molecule has 2 N–H and O–H groups in total. The van der Waals surface area contributed by atoms with Crippen molar-refractivity contribution < 1.29 is 9.53 Å². The van der Waals surface area contributed by atoms with E-state index in [0.29, 0.717) is 6.54 Å². The minimum atomic E-state index is -0.558. The molecule has 0 saturated heterocycles. The molecule has 6 nitrogen and oxygen atoms in total. The Morgan fingerprint density at radius 1 is 1.44 bits per heavy atom. The Bertz CT molecular complexity index is 524. The quantitative estimate of drug-likeness (QED) is 0.799. The summed E-state index contributed by atoms with van der Waals surface area (Å²) < 4.78 is 6.13. The second-order valence-corrected chi connectivity index (χ2v) is 3.70. The number of nitrogens with two attached hydrogens (primary N) is 1. The first kappa shape index (κ1) is 12.3. The van der Waals surface area contributed by atoms with Gasteiger partial charge in [0, 0.05) is 6.54 Å². The van der Waals surface area contributed by atoms with Gasteiger partial charge in [0.2, 0.25) is 0 Å². The molecule has 18 heavy (non-hydrogen) atoms. The number of esters is 1. The van der Waals surface area contributed by atoms with Gasteiger partial charge >= 0.3 is 5.97 Å². The lowest BCUT2D eigenvalue weighted by Gasteiger charge is -2.14. The molecule has 1 heterocycles. The van der Waals surface area contributed by atoms with Crippen molar-refractivity contribution in [2.24, 2.45) is 5.73 Å². The molecule has 2 rings (SSSR count). The van der Waals surface area contributed by atoms with Crippen LogP contribution in [0.15, 0.2) is 36.7 Å². The van der Waals surface area contributed by atoms with Gasteiger partial charge in [-0.3, -0.25) is 0 Å². The van der Waals surface area contributed by atoms with Gasteiger partial charge in [-0.05, 0) is 5.56 Å². The normalized spacial score (nSPS) is 12.1. The average molecular weight is 246 g/mol. The van der Waals surface area contributed by atoms with Crippen molar-refractivity contribution in [1.29, 1.82) is 0 Å². The van der Waals surface area contributed by atoms with Crippen LogP contribution in [0.25, 0.3) is 0 Å². The van der Waals surface area contributed by atoms with Crippen molar-refractivity contribution in [3.8, 4) is 0 Å². The predicted molar refractivity (Wildman–Crippen MR) is 65.0 cm³/mol. The number of carbonyl (C=O) groups is 1. The van der Waals surface area contributed by atoms with E-state index in [9.17, 15) is 4.79 Å². The molecule has 0 fully saturated rings. The topological polar surface area (TPSA) is 83.0 Å².